The summed E-state index contributed by atoms with van der Waals surface area (Å²) in [4.78, 5) is 25.7. The summed E-state index contributed by atoms with van der Waals surface area (Å²) in [6, 6.07) is 3.22. The molecule has 0 aliphatic rings. The van der Waals surface area contributed by atoms with E-state index in [0.29, 0.717) is 18.0 Å². The van der Waals surface area contributed by atoms with Crippen LogP contribution < -0.4 is 10.6 Å². The normalized spacial score (nSPS) is 9.35. The Morgan fingerprint density at radius 2 is 2.00 bits per heavy atom. The lowest BCUT2D eigenvalue weighted by Crippen LogP contribution is -2.39. The fourth-order valence-electron chi connectivity index (χ4n) is 1.24. The van der Waals surface area contributed by atoms with Gasteiger partial charge < -0.3 is 20.6 Å². The summed E-state index contributed by atoms with van der Waals surface area (Å²) in [5.74, 6) is 5.06. The van der Waals surface area contributed by atoms with Crippen LogP contribution in [-0.4, -0.2) is 55.7 Å². The number of urea groups is 1. The molecule has 3 amide bonds. The molecular weight excluding hydrogens is 278 g/mol. The maximum Gasteiger partial charge on any atom is 0.316 e. The molecule has 7 heteroatoms. The van der Waals surface area contributed by atoms with Crippen molar-refractivity contribution in [3.63, 3.8) is 0 Å². The second-order valence-electron chi connectivity index (χ2n) is 4.01. The third-order valence-corrected chi connectivity index (χ3v) is 3.21. The van der Waals surface area contributed by atoms with Crippen LogP contribution >= 0.6 is 11.3 Å². The van der Waals surface area contributed by atoms with Gasteiger partial charge in [-0.3, -0.25) is 4.79 Å². The van der Waals surface area contributed by atoms with Crippen molar-refractivity contribution in [2.24, 2.45) is 0 Å². The van der Waals surface area contributed by atoms with E-state index in [1.807, 2.05) is 0 Å². The van der Waals surface area contributed by atoms with Gasteiger partial charge in [-0.05, 0) is 12.1 Å². The van der Waals surface area contributed by atoms with Crippen molar-refractivity contribution in [3.8, 4) is 11.8 Å². The SMILES string of the molecule is CN(C)C(=O)NCCNC(=O)c1ccc(C#CCO)s1. The van der Waals surface area contributed by atoms with E-state index in [4.69, 9.17) is 5.11 Å². The van der Waals surface area contributed by atoms with Crippen LogP contribution in [0, 0.1) is 11.8 Å². The number of hydrogen-bond acceptors (Lipinski definition) is 4. The van der Waals surface area contributed by atoms with Gasteiger partial charge in [0.2, 0.25) is 0 Å². The summed E-state index contributed by atoms with van der Waals surface area (Å²) >= 11 is 1.26. The van der Waals surface area contributed by atoms with E-state index in [0.717, 1.165) is 4.88 Å². The van der Waals surface area contributed by atoms with E-state index in [2.05, 4.69) is 22.5 Å². The molecule has 0 aromatic carbocycles. The van der Waals surface area contributed by atoms with E-state index >= 15 is 0 Å². The number of nitrogens with zero attached hydrogens (tertiary/aromatic N) is 1. The number of thiophene rings is 1. The molecule has 0 radical (unpaired) electrons. The molecule has 0 aliphatic heterocycles. The molecular formula is C13H17N3O3S. The molecule has 1 aromatic heterocycles. The van der Waals surface area contributed by atoms with Gasteiger partial charge in [-0.15, -0.1) is 11.3 Å². The highest BCUT2D eigenvalue weighted by atomic mass is 32.1. The van der Waals surface area contributed by atoms with Gasteiger partial charge in [-0.1, -0.05) is 11.8 Å². The number of amides is 3. The molecule has 0 spiro atoms. The molecule has 0 saturated heterocycles. The Kier molecular flexibility index (Phi) is 6.56. The molecule has 0 unspecified atom stereocenters. The molecule has 0 aliphatic carbocycles. The lowest BCUT2D eigenvalue weighted by molar-refractivity contribution is 0.0957. The molecule has 1 aromatic rings. The van der Waals surface area contributed by atoms with Crippen molar-refractivity contribution in [2.45, 2.75) is 0 Å². The number of rotatable bonds is 4. The van der Waals surface area contributed by atoms with E-state index in [1.54, 1.807) is 26.2 Å². The topological polar surface area (TPSA) is 81.7 Å². The maximum absolute atomic E-state index is 11.8. The van der Waals surface area contributed by atoms with Gasteiger partial charge in [-0.2, -0.15) is 0 Å². The Bertz CT molecular complexity index is 528. The van der Waals surface area contributed by atoms with Crippen molar-refractivity contribution < 1.29 is 14.7 Å². The van der Waals surface area contributed by atoms with E-state index in [1.165, 1.54) is 16.2 Å². The Morgan fingerprint density at radius 3 is 2.65 bits per heavy atom. The zero-order chi connectivity index (χ0) is 15.0. The Hall–Kier alpha value is -2.04. The highest BCUT2D eigenvalue weighted by molar-refractivity contribution is 7.14. The number of carbonyl (C=O) groups is 2. The van der Waals surface area contributed by atoms with Crippen LogP contribution in [-0.2, 0) is 0 Å². The number of aliphatic hydroxyl groups is 1. The van der Waals surface area contributed by atoms with Crippen LogP contribution in [0.5, 0.6) is 0 Å². The first kappa shape index (κ1) is 16.0. The van der Waals surface area contributed by atoms with Gasteiger partial charge in [-0.25, -0.2) is 4.79 Å². The minimum atomic E-state index is -0.203. The monoisotopic (exact) mass is 295 g/mol. The van der Waals surface area contributed by atoms with E-state index in [9.17, 15) is 9.59 Å². The molecule has 0 atom stereocenters. The van der Waals surface area contributed by atoms with Crippen molar-refractivity contribution in [1.29, 1.82) is 0 Å². The first-order valence-corrected chi connectivity index (χ1v) is 6.79. The van der Waals surface area contributed by atoms with Gasteiger partial charge >= 0.3 is 6.03 Å². The first-order chi connectivity index (χ1) is 9.54. The predicted molar refractivity (Wildman–Crippen MR) is 77.7 cm³/mol. The number of nitrogens with one attached hydrogen (secondary N) is 2. The number of carbonyl (C=O) groups excluding carboxylic acids is 2. The lowest BCUT2D eigenvalue weighted by atomic mass is 10.4. The summed E-state index contributed by atoms with van der Waals surface area (Å²) < 4.78 is 0. The summed E-state index contributed by atoms with van der Waals surface area (Å²) in [7, 11) is 3.29. The second-order valence-corrected chi connectivity index (χ2v) is 5.09. The average Bonchev–Trinajstić information content (AvgIpc) is 2.89. The Labute approximate surface area is 121 Å². The van der Waals surface area contributed by atoms with Gasteiger partial charge in [0.25, 0.3) is 5.91 Å². The van der Waals surface area contributed by atoms with Gasteiger partial charge in [0.05, 0.1) is 9.75 Å². The molecule has 1 heterocycles. The first-order valence-electron chi connectivity index (χ1n) is 5.97. The standard InChI is InChI=1S/C13H17N3O3S/c1-16(2)13(19)15-8-7-14-12(18)11-6-5-10(20-11)4-3-9-17/h5-6,17H,7-9H2,1-2H3,(H,14,18)(H,15,19). The van der Waals surface area contributed by atoms with Crippen LogP contribution in [0.1, 0.15) is 14.5 Å². The van der Waals surface area contributed by atoms with Gasteiger partial charge in [0, 0.05) is 27.2 Å². The van der Waals surface area contributed by atoms with Crippen LogP contribution in [0.2, 0.25) is 0 Å². The van der Waals surface area contributed by atoms with E-state index < -0.39 is 0 Å². The van der Waals surface area contributed by atoms with Crippen molar-refractivity contribution in [1.82, 2.24) is 15.5 Å². The summed E-state index contributed by atoms with van der Waals surface area (Å²) in [6.45, 7) is 0.518. The largest absolute Gasteiger partial charge is 0.384 e. The Morgan fingerprint density at radius 1 is 1.30 bits per heavy atom. The Balaban J connectivity index is 2.36. The highest BCUT2D eigenvalue weighted by Crippen LogP contribution is 2.14. The quantitative estimate of drug-likeness (QED) is 0.544. The lowest BCUT2D eigenvalue weighted by Gasteiger charge is -2.11. The minimum Gasteiger partial charge on any atom is -0.384 e. The van der Waals surface area contributed by atoms with Crippen LogP contribution in [0.3, 0.4) is 0 Å². The van der Waals surface area contributed by atoms with Crippen LogP contribution in [0.25, 0.3) is 0 Å². The van der Waals surface area contributed by atoms with E-state index in [-0.39, 0.29) is 18.5 Å². The summed E-state index contributed by atoms with van der Waals surface area (Å²) in [5.41, 5.74) is 0. The third kappa shape index (κ3) is 5.30. The van der Waals surface area contributed by atoms with Crippen molar-refractivity contribution in [2.75, 3.05) is 33.8 Å². The summed E-state index contributed by atoms with van der Waals surface area (Å²) in [6.07, 6.45) is 0. The molecule has 0 saturated carbocycles. The number of aliphatic hydroxyl groups excluding tert-OH is 1. The zero-order valence-corrected chi connectivity index (χ0v) is 12.2. The number of hydrogen-bond donors (Lipinski definition) is 3. The average molecular weight is 295 g/mol. The third-order valence-electron chi connectivity index (χ3n) is 2.21. The molecule has 20 heavy (non-hydrogen) atoms. The van der Waals surface area contributed by atoms with Crippen LogP contribution in [0.15, 0.2) is 12.1 Å². The van der Waals surface area contributed by atoms with Crippen molar-refractivity contribution >= 4 is 23.3 Å². The predicted octanol–water partition coefficient (Wildman–Crippen LogP) is 0.0929. The molecule has 3 N–H and O–H groups in total. The minimum absolute atomic E-state index is 0.197. The molecule has 108 valence electrons. The van der Waals surface area contributed by atoms with Crippen LogP contribution in [0.4, 0.5) is 4.79 Å². The molecule has 0 fully saturated rings. The highest BCUT2D eigenvalue weighted by Gasteiger charge is 2.08. The molecule has 1 rings (SSSR count). The molecule has 0 bridgehead atoms. The molecule has 6 nitrogen and oxygen atoms in total. The van der Waals surface area contributed by atoms with Crippen molar-refractivity contribution in [3.05, 3.63) is 21.9 Å². The fourth-order valence-corrected chi connectivity index (χ4v) is 2.04. The fraction of sp³-hybridized carbons (Fsp3) is 0.385. The summed E-state index contributed by atoms with van der Waals surface area (Å²) in [5, 5.41) is 13.9. The van der Waals surface area contributed by atoms with Gasteiger partial charge in [0.1, 0.15) is 6.61 Å². The smallest absolute Gasteiger partial charge is 0.316 e. The second kappa shape index (κ2) is 8.19. The zero-order valence-electron chi connectivity index (χ0n) is 11.4. The maximum atomic E-state index is 11.8. The van der Waals surface area contributed by atoms with Gasteiger partial charge in [0.15, 0.2) is 0 Å².